The molecule has 22 heavy (non-hydrogen) atoms. The number of aryl methyl sites for hydroxylation is 1. The minimum atomic E-state index is 0.0328. The van der Waals surface area contributed by atoms with Gasteiger partial charge in [0.25, 0.3) is 0 Å². The van der Waals surface area contributed by atoms with Crippen LogP contribution < -0.4 is 5.32 Å². The van der Waals surface area contributed by atoms with Gasteiger partial charge in [-0.3, -0.25) is 0 Å². The molecule has 1 aromatic carbocycles. The topological polar surface area (TPSA) is 88.8 Å². The van der Waals surface area contributed by atoms with Crippen LogP contribution in [0.25, 0.3) is 11.2 Å². The molecule has 0 fully saturated rings. The first-order chi connectivity index (χ1) is 10.8. The van der Waals surface area contributed by atoms with Crippen LogP contribution in [0.5, 0.6) is 0 Å². The highest BCUT2D eigenvalue weighted by Crippen LogP contribution is 2.18. The molecular weight excluding hydrogens is 280 g/mol. The maximum absolute atomic E-state index is 8.98. The van der Waals surface area contributed by atoms with Gasteiger partial charge in [-0.25, -0.2) is 14.6 Å². The summed E-state index contributed by atoms with van der Waals surface area (Å²) in [7, 11) is 0. The molecule has 0 bridgehead atoms. The Bertz CT molecular complexity index is 755. The van der Waals surface area contributed by atoms with Crippen molar-refractivity contribution in [1.82, 2.24) is 25.0 Å². The van der Waals surface area contributed by atoms with Gasteiger partial charge < -0.3 is 10.4 Å². The first-order valence-electron chi connectivity index (χ1n) is 7.30. The molecule has 0 saturated carbocycles. The van der Waals surface area contributed by atoms with Crippen molar-refractivity contribution in [2.75, 3.05) is 18.5 Å². The van der Waals surface area contributed by atoms with E-state index in [9.17, 15) is 0 Å². The molecule has 2 aromatic heterocycles. The third-order valence-electron chi connectivity index (χ3n) is 3.30. The predicted octanol–water partition coefficient (Wildman–Crippen LogP) is 1.24. The molecule has 0 aliphatic heterocycles. The van der Waals surface area contributed by atoms with E-state index in [1.54, 1.807) is 4.68 Å². The number of benzene rings is 1. The lowest BCUT2D eigenvalue weighted by molar-refractivity contribution is 0.311. The Morgan fingerprint density at radius 1 is 1.18 bits per heavy atom. The normalized spacial score (nSPS) is 11.0. The summed E-state index contributed by atoms with van der Waals surface area (Å²) in [6.45, 7) is 3.06. The summed E-state index contributed by atoms with van der Waals surface area (Å²) in [6.07, 6.45) is 0.722. The smallest absolute Gasteiger partial charge is 0.184 e. The number of fused-ring (bicyclic) bond motifs is 1. The van der Waals surface area contributed by atoms with Crippen LogP contribution in [-0.4, -0.2) is 43.2 Å². The van der Waals surface area contributed by atoms with Crippen molar-refractivity contribution >= 4 is 17.0 Å². The summed E-state index contributed by atoms with van der Waals surface area (Å²) < 4.78 is 1.77. The van der Waals surface area contributed by atoms with Gasteiger partial charge in [0.05, 0.1) is 13.2 Å². The van der Waals surface area contributed by atoms with Crippen LogP contribution in [0, 0.1) is 0 Å². The number of nitrogens with zero attached hydrogens (tertiary/aromatic N) is 5. The van der Waals surface area contributed by atoms with Crippen LogP contribution in [0.15, 0.2) is 30.3 Å². The minimum Gasteiger partial charge on any atom is -0.395 e. The van der Waals surface area contributed by atoms with Crippen molar-refractivity contribution in [3.8, 4) is 0 Å². The average Bonchev–Trinajstić information content (AvgIpc) is 2.96. The Kier molecular flexibility index (Phi) is 4.24. The maximum atomic E-state index is 8.98. The van der Waals surface area contributed by atoms with E-state index in [4.69, 9.17) is 5.11 Å². The zero-order valence-electron chi connectivity index (χ0n) is 12.4. The van der Waals surface area contributed by atoms with E-state index >= 15 is 0 Å². The van der Waals surface area contributed by atoms with Crippen molar-refractivity contribution in [1.29, 1.82) is 0 Å². The Labute approximate surface area is 128 Å². The minimum absolute atomic E-state index is 0.0328. The highest BCUT2D eigenvalue weighted by atomic mass is 16.3. The molecule has 0 radical (unpaired) electrons. The molecule has 0 aliphatic rings. The third kappa shape index (κ3) is 2.89. The number of hydrogen-bond acceptors (Lipinski definition) is 6. The van der Waals surface area contributed by atoms with Crippen molar-refractivity contribution in [2.45, 2.75) is 19.9 Å². The average molecular weight is 298 g/mol. The predicted molar refractivity (Wildman–Crippen MR) is 83.6 cm³/mol. The van der Waals surface area contributed by atoms with Crippen molar-refractivity contribution in [2.24, 2.45) is 0 Å². The number of aliphatic hydroxyl groups excluding tert-OH is 1. The van der Waals surface area contributed by atoms with E-state index in [2.05, 4.69) is 25.6 Å². The van der Waals surface area contributed by atoms with Crippen molar-refractivity contribution in [3.63, 3.8) is 0 Å². The zero-order valence-corrected chi connectivity index (χ0v) is 12.4. The standard InChI is InChI=1S/C15H18N6O/c1-2-12-17-14(16-8-9-22)13-15(18-12)21(20-19-13)10-11-6-4-3-5-7-11/h3-7,22H,2,8-10H2,1H3,(H,16,17,18). The molecular formula is C15H18N6O. The molecule has 3 aromatic rings. The SMILES string of the molecule is CCc1nc(NCCO)c2nnn(Cc3ccccc3)c2n1. The molecule has 0 amide bonds. The Hall–Kier alpha value is -2.54. The molecule has 0 aliphatic carbocycles. The van der Waals surface area contributed by atoms with Crippen molar-refractivity contribution < 1.29 is 5.11 Å². The second-order valence-electron chi connectivity index (χ2n) is 4.90. The lowest BCUT2D eigenvalue weighted by atomic mass is 10.2. The Balaban J connectivity index is 2.01. The van der Waals surface area contributed by atoms with Crippen LogP contribution >= 0.6 is 0 Å². The molecule has 0 saturated heterocycles. The summed E-state index contributed by atoms with van der Waals surface area (Å²) in [6, 6.07) is 10.1. The largest absolute Gasteiger partial charge is 0.395 e. The zero-order chi connectivity index (χ0) is 15.4. The molecule has 7 nitrogen and oxygen atoms in total. The lowest BCUT2D eigenvalue weighted by Crippen LogP contribution is -2.10. The quantitative estimate of drug-likeness (QED) is 0.711. The van der Waals surface area contributed by atoms with Gasteiger partial charge in [0, 0.05) is 13.0 Å². The number of nitrogens with one attached hydrogen (secondary N) is 1. The molecule has 0 spiro atoms. The number of anilines is 1. The Morgan fingerprint density at radius 2 is 2.00 bits per heavy atom. The molecule has 2 heterocycles. The number of aromatic nitrogens is 5. The third-order valence-corrected chi connectivity index (χ3v) is 3.30. The second-order valence-corrected chi connectivity index (χ2v) is 4.90. The van der Waals surface area contributed by atoms with E-state index in [1.807, 2.05) is 37.3 Å². The van der Waals surface area contributed by atoms with E-state index in [0.717, 1.165) is 17.8 Å². The highest BCUT2D eigenvalue weighted by molar-refractivity contribution is 5.82. The fourth-order valence-corrected chi connectivity index (χ4v) is 2.22. The summed E-state index contributed by atoms with van der Waals surface area (Å²) in [5, 5.41) is 20.4. The van der Waals surface area contributed by atoms with E-state index in [-0.39, 0.29) is 6.61 Å². The summed E-state index contributed by atoms with van der Waals surface area (Å²) in [5.74, 6) is 1.35. The maximum Gasteiger partial charge on any atom is 0.184 e. The number of hydrogen-bond donors (Lipinski definition) is 2. The van der Waals surface area contributed by atoms with Gasteiger partial charge in [0.1, 0.15) is 5.82 Å². The fourth-order valence-electron chi connectivity index (χ4n) is 2.22. The van der Waals surface area contributed by atoms with Gasteiger partial charge in [0.15, 0.2) is 17.0 Å². The summed E-state index contributed by atoms with van der Waals surface area (Å²) >= 11 is 0. The molecule has 0 unspecified atom stereocenters. The Morgan fingerprint density at radius 3 is 2.73 bits per heavy atom. The monoisotopic (exact) mass is 298 g/mol. The molecule has 3 rings (SSSR count). The molecule has 7 heteroatoms. The summed E-state index contributed by atoms with van der Waals surface area (Å²) in [4.78, 5) is 8.97. The van der Waals surface area contributed by atoms with Gasteiger partial charge in [-0.15, -0.1) is 5.10 Å². The van der Waals surface area contributed by atoms with Gasteiger partial charge in [-0.1, -0.05) is 42.5 Å². The molecule has 114 valence electrons. The van der Waals surface area contributed by atoms with Crippen LogP contribution in [0.2, 0.25) is 0 Å². The van der Waals surface area contributed by atoms with Crippen LogP contribution in [-0.2, 0) is 13.0 Å². The van der Waals surface area contributed by atoms with Crippen LogP contribution in [0.1, 0.15) is 18.3 Å². The van der Waals surface area contributed by atoms with Crippen LogP contribution in [0.4, 0.5) is 5.82 Å². The van der Waals surface area contributed by atoms with Gasteiger partial charge >= 0.3 is 0 Å². The highest BCUT2D eigenvalue weighted by Gasteiger charge is 2.14. The second kappa shape index (κ2) is 6.48. The first kappa shape index (κ1) is 14.4. The molecule has 0 atom stereocenters. The van der Waals surface area contributed by atoms with Gasteiger partial charge in [0.2, 0.25) is 0 Å². The first-order valence-corrected chi connectivity index (χ1v) is 7.30. The molecule has 2 N–H and O–H groups in total. The van der Waals surface area contributed by atoms with E-state index in [1.165, 1.54) is 0 Å². The van der Waals surface area contributed by atoms with E-state index < -0.39 is 0 Å². The number of aliphatic hydroxyl groups is 1. The number of rotatable bonds is 6. The van der Waals surface area contributed by atoms with Gasteiger partial charge in [-0.05, 0) is 5.56 Å². The fraction of sp³-hybridized carbons (Fsp3) is 0.333. The lowest BCUT2D eigenvalue weighted by Gasteiger charge is -2.07. The van der Waals surface area contributed by atoms with Crippen molar-refractivity contribution in [3.05, 3.63) is 41.7 Å². The summed E-state index contributed by atoms with van der Waals surface area (Å²) in [5.41, 5.74) is 2.47. The van der Waals surface area contributed by atoms with Crippen LogP contribution in [0.3, 0.4) is 0 Å². The van der Waals surface area contributed by atoms with Gasteiger partial charge in [-0.2, -0.15) is 0 Å². The van der Waals surface area contributed by atoms with E-state index in [0.29, 0.717) is 30.1 Å².